The second kappa shape index (κ2) is 9.44. The Balaban J connectivity index is 1.25. The Bertz CT molecular complexity index is 1140. The smallest absolute Gasteiger partial charge is 0.331 e. The van der Waals surface area contributed by atoms with Crippen LogP contribution in [-0.4, -0.2) is 23.7 Å². The first kappa shape index (κ1) is 20.6. The molecular weight excluding hydrogens is 416 g/mol. The van der Waals surface area contributed by atoms with Gasteiger partial charge in [-0.3, -0.25) is 4.79 Å². The Morgan fingerprint density at radius 1 is 1.19 bits per heavy atom. The van der Waals surface area contributed by atoms with Crippen LogP contribution in [0.4, 0.5) is 5.69 Å². The summed E-state index contributed by atoms with van der Waals surface area (Å²) in [5, 5.41) is 5.33. The highest BCUT2D eigenvalue weighted by atomic mass is 32.1. The zero-order valence-corrected chi connectivity index (χ0v) is 17.6. The monoisotopic (exact) mass is 436 g/mol. The molecule has 1 aliphatic rings. The van der Waals surface area contributed by atoms with Crippen molar-refractivity contribution in [3.63, 3.8) is 0 Å². The van der Waals surface area contributed by atoms with E-state index in [1.165, 1.54) is 17.4 Å². The number of carbonyl (C=O) groups excluding carboxylic acids is 2. The van der Waals surface area contributed by atoms with Crippen molar-refractivity contribution in [3.8, 4) is 11.5 Å². The molecule has 0 aliphatic carbocycles. The highest BCUT2D eigenvalue weighted by Crippen LogP contribution is 2.32. The van der Waals surface area contributed by atoms with Crippen LogP contribution in [0.25, 0.3) is 6.08 Å². The Labute approximate surface area is 183 Å². The van der Waals surface area contributed by atoms with Gasteiger partial charge in [0.15, 0.2) is 11.5 Å². The van der Waals surface area contributed by atoms with Gasteiger partial charge in [0.25, 0.3) is 0 Å². The second-order valence-corrected chi connectivity index (χ2v) is 7.77. The molecule has 0 radical (unpaired) electrons. The molecule has 31 heavy (non-hydrogen) atoms. The van der Waals surface area contributed by atoms with E-state index in [-0.39, 0.29) is 25.7 Å². The van der Waals surface area contributed by atoms with Crippen molar-refractivity contribution < 1.29 is 23.8 Å². The number of amides is 1. The van der Waals surface area contributed by atoms with Gasteiger partial charge in [-0.2, -0.15) is 0 Å². The quantitative estimate of drug-likeness (QED) is 0.443. The van der Waals surface area contributed by atoms with E-state index in [0.29, 0.717) is 22.2 Å². The van der Waals surface area contributed by atoms with Crippen molar-refractivity contribution in [1.29, 1.82) is 0 Å². The lowest BCUT2D eigenvalue weighted by molar-refractivity contribution is -0.139. The number of esters is 1. The molecule has 0 atom stereocenters. The van der Waals surface area contributed by atoms with Gasteiger partial charge in [0.2, 0.25) is 12.7 Å². The molecule has 2 heterocycles. The molecule has 8 heteroatoms. The second-order valence-electron chi connectivity index (χ2n) is 6.83. The van der Waals surface area contributed by atoms with Crippen LogP contribution < -0.4 is 14.8 Å². The highest BCUT2D eigenvalue weighted by molar-refractivity contribution is 7.09. The molecule has 0 saturated heterocycles. The van der Waals surface area contributed by atoms with Gasteiger partial charge in [-0.05, 0) is 42.3 Å². The van der Waals surface area contributed by atoms with Crippen molar-refractivity contribution >= 4 is 35.0 Å². The summed E-state index contributed by atoms with van der Waals surface area (Å²) in [6.07, 6.45) is 3.16. The van der Waals surface area contributed by atoms with Crippen molar-refractivity contribution in [2.75, 3.05) is 12.1 Å². The number of hydrogen-bond donors (Lipinski definition) is 1. The fraction of sp³-hybridized carbons (Fsp3) is 0.174. The minimum Gasteiger partial charge on any atom is -0.456 e. The summed E-state index contributed by atoms with van der Waals surface area (Å²) in [7, 11) is 0. The van der Waals surface area contributed by atoms with Crippen LogP contribution in [0.1, 0.15) is 21.8 Å². The summed E-state index contributed by atoms with van der Waals surface area (Å²) in [6, 6.07) is 13.0. The Hall–Kier alpha value is -3.65. The SMILES string of the molecule is Cc1ccccc1NC(=O)Cc1nc(COC(=O)/C=C/c2ccc3c(c2)OCO3)cs1. The molecular formula is C23H20N2O5S. The molecule has 1 N–H and O–H groups in total. The lowest BCUT2D eigenvalue weighted by Crippen LogP contribution is -2.15. The van der Waals surface area contributed by atoms with Crippen LogP contribution in [0.5, 0.6) is 11.5 Å². The molecule has 0 bridgehead atoms. The normalized spacial score (nSPS) is 12.2. The lowest BCUT2D eigenvalue weighted by Gasteiger charge is -2.06. The molecule has 0 fully saturated rings. The van der Waals surface area contributed by atoms with Crippen LogP contribution in [0.2, 0.25) is 0 Å². The maximum atomic E-state index is 12.2. The lowest BCUT2D eigenvalue weighted by atomic mass is 10.2. The third-order valence-electron chi connectivity index (χ3n) is 4.50. The maximum absolute atomic E-state index is 12.2. The number of carbonyl (C=O) groups is 2. The number of benzene rings is 2. The number of hydrogen-bond acceptors (Lipinski definition) is 7. The molecule has 1 amide bonds. The summed E-state index contributed by atoms with van der Waals surface area (Å²) in [5.41, 5.74) is 3.19. The predicted molar refractivity (Wildman–Crippen MR) is 117 cm³/mol. The number of nitrogens with one attached hydrogen (secondary N) is 1. The topological polar surface area (TPSA) is 86.8 Å². The van der Waals surface area contributed by atoms with E-state index in [1.807, 2.05) is 37.3 Å². The molecule has 4 rings (SSSR count). The average molecular weight is 436 g/mol. The van der Waals surface area contributed by atoms with Crippen LogP contribution in [-0.2, 0) is 27.4 Å². The van der Waals surface area contributed by atoms with E-state index in [2.05, 4.69) is 10.3 Å². The number of nitrogens with zero attached hydrogens (tertiary/aromatic N) is 1. The molecule has 1 aromatic heterocycles. The highest BCUT2D eigenvalue weighted by Gasteiger charge is 2.13. The Morgan fingerprint density at radius 3 is 2.90 bits per heavy atom. The number of rotatable bonds is 7. The number of fused-ring (bicyclic) bond motifs is 1. The molecule has 0 unspecified atom stereocenters. The van der Waals surface area contributed by atoms with E-state index in [1.54, 1.807) is 23.6 Å². The van der Waals surface area contributed by atoms with Crippen LogP contribution in [0, 0.1) is 6.92 Å². The van der Waals surface area contributed by atoms with Crippen molar-refractivity contribution in [1.82, 2.24) is 4.98 Å². The van der Waals surface area contributed by atoms with E-state index < -0.39 is 5.97 Å². The summed E-state index contributed by atoms with van der Waals surface area (Å²) in [4.78, 5) is 28.6. The van der Waals surface area contributed by atoms with Crippen LogP contribution >= 0.6 is 11.3 Å². The standard InChI is InChI=1S/C23H20N2O5S/c1-15-4-2-3-5-18(15)25-21(26)11-22-24-17(13-31-22)12-28-23(27)9-7-16-6-8-19-20(10-16)30-14-29-19/h2-10,13H,11-12,14H2,1H3,(H,25,26)/b9-7+. The Kier molecular flexibility index (Phi) is 6.28. The molecule has 1 aliphatic heterocycles. The number of anilines is 1. The zero-order chi connectivity index (χ0) is 21.6. The van der Waals surface area contributed by atoms with E-state index >= 15 is 0 Å². The van der Waals surface area contributed by atoms with Gasteiger partial charge >= 0.3 is 5.97 Å². The third-order valence-corrected chi connectivity index (χ3v) is 5.40. The van der Waals surface area contributed by atoms with Crippen LogP contribution in [0.3, 0.4) is 0 Å². The fourth-order valence-corrected chi connectivity index (χ4v) is 3.69. The molecule has 0 saturated carbocycles. The zero-order valence-electron chi connectivity index (χ0n) is 16.8. The number of aromatic nitrogens is 1. The largest absolute Gasteiger partial charge is 0.456 e. The minimum absolute atomic E-state index is 0.0419. The molecule has 3 aromatic rings. The maximum Gasteiger partial charge on any atom is 0.331 e. The fourth-order valence-electron chi connectivity index (χ4n) is 2.92. The number of thiazole rings is 1. The summed E-state index contributed by atoms with van der Waals surface area (Å²) >= 11 is 1.36. The Morgan fingerprint density at radius 2 is 2.03 bits per heavy atom. The first-order chi connectivity index (χ1) is 15.1. The molecule has 2 aromatic carbocycles. The van der Waals surface area contributed by atoms with Crippen molar-refractivity contribution in [2.45, 2.75) is 20.0 Å². The van der Waals surface area contributed by atoms with Crippen LogP contribution in [0.15, 0.2) is 53.9 Å². The van der Waals surface area contributed by atoms with Gasteiger partial charge in [0.1, 0.15) is 11.6 Å². The van der Waals surface area contributed by atoms with E-state index in [4.69, 9.17) is 14.2 Å². The summed E-state index contributed by atoms with van der Waals surface area (Å²) < 4.78 is 15.8. The van der Waals surface area contributed by atoms with E-state index in [9.17, 15) is 9.59 Å². The number of para-hydroxylation sites is 1. The van der Waals surface area contributed by atoms with Gasteiger partial charge in [-0.1, -0.05) is 24.3 Å². The summed E-state index contributed by atoms with van der Waals surface area (Å²) in [6.45, 7) is 2.18. The number of aryl methyl sites for hydroxylation is 1. The average Bonchev–Trinajstić information content (AvgIpc) is 3.41. The van der Waals surface area contributed by atoms with Gasteiger partial charge in [-0.25, -0.2) is 9.78 Å². The summed E-state index contributed by atoms with van der Waals surface area (Å²) in [5.74, 6) is 0.715. The minimum atomic E-state index is -0.482. The van der Waals surface area contributed by atoms with Crippen molar-refractivity contribution in [3.05, 3.63) is 75.7 Å². The van der Waals surface area contributed by atoms with Gasteiger partial charge in [-0.15, -0.1) is 11.3 Å². The van der Waals surface area contributed by atoms with Gasteiger partial charge in [0, 0.05) is 17.1 Å². The molecule has 7 nitrogen and oxygen atoms in total. The van der Waals surface area contributed by atoms with Crippen molar-refractivity contribution in [2.24, 2.45) is 0 Å². The molecule has 0 spiro atoms. The van der Waals surface area contributed by atoms with Gasteiger partial charge < -0.3 is 19.5 Å². The van der Waals surface area contributed by atoms with Gasteiger partial charge in [0.05, 0.1) is 12.1 Å². The first-order valence-corrected chi connectivity index (χ1v) is 10.5. The van der Waals surface area contributed by atoms with E-state index in [0.717, 1.165) is 16.8 Å². The molecule has 158 valence electrons. The first-order valence-electron chi connectivity index (χ1n) is 9.60. The predicted octanol–water partition coefficient (Wildman–Crippen LogP) is 4.12. The third kappa shape index (κ3) is 5.49. The number of ether oxygens (including phenoxy) is 3.